The van der Waals surface area contributed by atoms with Gasteiger partial charge < -0.3 is 21.0 Å². The highest BCUT2D eigenvalue weighted by molar-refractivity contribution is 5.82. The number of oxime groups is 1. The van der Waals surface area contributed by atoms with E-state index in [-0.39, 0.29) is 24.4 Å². The van der Waals surface area contributed by atoms with Crippen LogP contribution in [-0.4, -0.2) is 29.8 Å². The number of carbonyl (C=O) groups excluding carboxylic acids is 1. The summed E-state index contributed by atoms with van der Waals surface area (Å²) in [6, 6.07) is 0. The third-order valence-corrected chi connectivity index (χ3v) is 1.52. The topological polar surface area (TPSA) is 96.9 Å². The molecule has 0 aromatic rings. The Hall–Kier alpha value is -1.46. The van der Waals surface area contributed by atoms with Crippen LogP contribution in [0.2, 0.25) is 0 Å². The van der Waals surface area contributed by atoms with Crippen LogP contribution in [0.3, 0.4) is 0 Å². The molecule has 82 valence electrons. The van der Waals surface area contributed by atoms with Crippen molar-refractivity contribution in [3.8, 4) is 0 Å². The van der Waals surface area contributed by atoms with Crippen molar-refractivity contribution in [2.45, 2.75) is 26.9 Å². The van der Waals surface area contributed by atoms with Gasteiger partial charge in [0.25, 0.3) is 0 Å². The van der Waals surface area contributed by atoms with E-state index >= 15 is 0 Å². The summed E-state index contributed by atoms with van der Waals surface area (Å²) in [6.45, 7) is 5.52. The molecule has 0 aromatic heterocycles. The molecule has 1 amide bonds. The molecule has 14 heavy (non-hydrogen) atoms. The molecule has 0 aliphatic heterocycles. The zero-order valence-corrected chi connectivity index (χ0v) is 8.65. The number of nitrogens with two attached hydrogens (primary N) is 1. The Morgan fingerprint density at radius 3 is 2.57 bits per heavy atom. The molecule has 6 heteroatoms. The Kier molecular flexibility index (Phi) is 5.43. The van der Waals surface area contributed by atoms with Crippen molar-refractivity contribution < 1.29 is 14.7 Å². The monoisotopic (exact) mass is 203 g/mol. The van der Waals surface area contributed by atoms with E-state index < -0.39 is 6.09 Å². The first-order valence-corrected chi connectivity index (χ1v) is 4.39. The summed E-state index contributed by atoms with van der Waals surface area (Å²) >= 11 is 0. The van der Waals surface area contributed by atoms with Crippen molar-refractivity contribution in [2.24, 2.45) is 16.8 Å². The highest BCUT2D eigenvalue weighted by Gasteiger charge is 2.10. The fourth-order valence-electron chi connectivity index (χ4n) is 0.695. The maximum absolute atomic E-state index is 11.0. The van der Waals surface area contributed by atoms with Gasteiger partial charge in [-0.2, -0.15) is 0 Å². The largest absolute Gasteiger partial charge is 0.447 e. The molecule has 0 saturated carbocycles. The Bertz CT molecular complexity index is 216. The van der Waals surface area contributed by atoms with Gasteiger partial charge in [-0.15, -0.1) is 0 Å². The van der Waals surface area contributed by atoms with Crippen LogP contribution in [0, 0.1) is 5.92 Å². The van der Waals surface area contributed by atoms with E-state index in [4.69, 9.17) is 15.7 Å². The molecule has 0 heterocycles. The third kappa shape index (κ3) is 5.23. The van der Waals surface area contributed by atoms with Crippen molar-refractivity contribution in [3.05, 3.63) is 0 Å². The number of ether oxygens (including phenoxy) is 1. The number of hydrogen-bond acceptors (Lipinski definition) is 4. The second-order valence-corrected chi connectivity index (χ2v) is 3.26. The molecular weight excluding hydrogens is 186 g/mol. The summed E-state index contributed by atoms with van der Waals surface area (Å²) in [6.07, 6.45) is -0.660. The van der Waals surface area contributed by atoms with Gasteiger partial charge in [-0.25, -0.2) is 4.79 Å². The molecule has 0 spiro atoms. The molecule has 0 saturated heterocycles. The fourth-order valence-corrected chi connectivity index (χ4v) is 0.695. The lowest BCUT2D eigenvalue weighted by atomic mass is 10.1. The minimum absolute atomic E-state index is 0.0786. The molecule has 6 nitrogen and oxygen atoms in total. The Morgan fingerprint density at radius 2 is 2.14 bits per heavy atom. The first kappa shape index (κ1) is 12.5. The van der Waals surface area contributed by atoms with Gasteiger partial charge in [0.05, 0.1) is 6.10 Å². The summed E-state index contributed by atoms with van der Waals surface area (Å²) in [4.78, 5) is 11.0. The number of carbonyl (C=O) groups is 1. The Morgan fingerprint density at radius 1 is 1.57 bits per heavy atom. The van der Waals surface area contributed by atoms with Crippen LogP contribution in [0.1, 0.15) is 20.8 Å². The van der Waals surface area contributed by atoms with E-state index in [9.17, 15) is 4.79 Å². The van der Waals surface area contributed by atoms with Crippen LogP contribution >= 0.6 is 0 Å². The lowest BCUT2D eigenvalue weighted by Crippen LogP contribution is -2.35. The van der Waals surface area contributed by atoms with Gasteiger partial charge >= 0.3 is 6.09 Å². The lowest BCUT2D eigenvalue weighted by molar-refractivity contribution is 0.115. The van der Waals surface area contributed by atoms with Crippen molar-refractivity contribution in [2.75, 3.05) is 6.54 Å². The Balaban J connectivity index is 3.77. The summed E-state index contributed by atoms with van der Waals surface area (Å²) in [5, 5.41) is 13.7. The molecular formula is C8H17N3O3. The smallest absolute Gasteiger partial charge is 0.407 e. The van der Waals surface area contributed by atoms with E-state index in [0.717, 1.165) is 0 Å². The van der Waals surface area contributed by atoms with Gasteiger partial charge in [-0.05, 0) is 13.8 Å². The van der Waals surface area contributed by atoms with Crippen LogP contribution in [0.25, 0.3) is 0 Å². The fraction of sp³-hybridized carbons (Fsp3) is 0.750. The molecule has 0 rings (SSSR count). The number of amides is 1. The standard InChI is InChI=1S/C8H17N3O3/c1-5(2)14-8(12)10-4-6(3)7(9)11-13/h5-6,13H,4H2,1-3H3,(H2,9,11)(H,10,12). The van der Waals surface area contributed by atoms with E-state index in [1.165, 1.54) is 0 Å². The SMILES string of the molecule is CC(C)OC(=O)NCC(C)C(N)=NO. The van der Waals surface area contributed by atoms with Crippen LogP contribution in [0.15, 0.2) is 5.16 Å². The van der Waals surface area contributed by atoms with Crippen molar-refractivity contribution in [1.29, 1.82) is 0 Å². The normalized spacial score (nSPS) is 13.9. The Labute approximate surface area is 83.1 Å². The minimum atomic E-state index is -0.502. The highest BCUT2D eigenvalue weighted by atomic mass is 16.6. The van der Waals surface area contributed by atoms with E-state index in [1.807, 2.05) is 0 Å². The van der Waals surface area contributed by atoms with Gasteiger partial charge in [-0.3, -0.25) is 0 Å². The number of nitrogens with zero attached hydrogens (tertiary/aromatic N) is 1. The maximum Gasteiger partial charge on any atom is 0.407 e. The quantitative estimate of drug-likeness (QED) is 0.268. The third-order valence-electron chi connectivity index (χ3n) is 1.52. The average Bonchev–Trinajstić information content (AvgIpc) is 2.11. The molecule has 0 aromatic carbocycles. The zero-order chi connectivity index (χ0) is 11.1. The molecule has 1 unspecified atom stereocenters. The predicted octanol–water partition coefficient (Wildman–Crippen LogP) is 0.503. The van der Waals surface area contributed by atoms with Crippen molar-refractivity contribution in [3.63, 3.8) is 0 Å². The molecule has 0 aliphatic carbocycles. The van der Waals surface area contributed by atoms with E-state index in [1.54, 1.807) is 20.8 Å². The van der Waals surface area contributed by atoms with Crippen LogP contribution in [-0.2, 0) is 4.74 Å². The molecule has 0 fully saturated rings. The second-order valence-electron chi connectivity index (χ2n) is 3.26. The van der Waals surface area contributed by atoms with Crippen molar-refractivity contribution >= 4 is 11.9 Å². The van der Waals surface area contributed by atoms with Gasteiger partial charge in [0.15, 0.2) is 0 Å². The van der Waals surface area contributed by atoms with Gasteiger partial charge in [0.1, 0.15) is 5.84 Å². The molecule has 0 bridgehead atoms. The number of rotatable bonds is 4. The molecule has 0 radical (unpaired) electrons. The lowest BCUT2D eigenvalue weighted by Gasteiger charge is -2.12. The second kappa shape index (κ2) is 6.06. The number of alkyl carbamates (subject to hydrolysis) is 1. The molecule has 4 N–H and O–H groups in total. The minimum Gasteiger partial charge on any atom is -0.447 e. The zero-order valence-electron chi connectivity index (χ0n) is 8.65. The number of nitrogens with one attached hydrogen (secondary N) is 1. The summed E-state index contributed by atoms with van der Waals surface area (Å²) in [7, 11) is 0. The summed E-state index contributed by atoms with van der Waals surface area (Å²) < 4.78 is 4.82. The first-order valence-electron chi connectivity index (χ1n) is 4.39. The number of amidine groups is 1. The number of hydrogen-bond donors (Lipinski definition) is 3. The van der Waals surface area contributed by atoms with Gasteiger partial charge in [0.2, 0.25) is 0 Å². The summed E-state index contributed by atoms with van der Waals surface area (Å²) in [5.74, 6) is -0.144. The summed E-state index contributed by atoms with van der Waals surface area (Å²) in [5.41, 5.74) is 5.31. The van der Waals surface area contributed by atoms with E-state index in [0.29, 0.717) is 0 Å². The van der Waals surface area contributed by atoms with E-state index in [2.05, 4.69) is 10.5 Å². The predicted molar refractivity (Wildman–Crippen MR) is 52.2 cm³/mol. The van der Waals surface area contributed by atoms with Crippen LogP contribution in [0.5, 0.6) is 0 Å². The highest BCUT2D eigenvalue weighted by Crippen LogP contribution is 1.93. The van der Waals surface area contributed by atoms with Crippen LogP contribution in [0.4, 0.5) is 4.79 Å². The van der Waals surface area contributed by atoms with Crippen molar-refractivity contribution in [1.82, 2.24) is 5.32 Å². The average molecular weight is 203 g/mol. The van der Waals surface area contributed by atoms with Gasteiger partial charge in [0, 0.05) is 12.5 Å². The van der Waals surface area contributed by atoms with Gasteiger partial charge in [-0.1, -0.05) is 12.1 Å². The maximum atomic E-state index is 11.0. The molecule has 0 aliphatic rings. The molecule has 1 atom stereocenters. The first-order chi connectivity index (χ1) is 6.47. The van der Waals surface area contributed by atoms with Crippen LogP contribution < -0.4 is 11.1 Å².